The van der Waals surface area contributed by atoms with E-state index in [1.165, 1.54) is 6.07 Å². The van der Waals surface area contributed by atoms with Crippen molar-refractivity contribution in [1.82, 2.24) is 9.59 Å². The normalized spacial score (nSPS) is 11.0. The van der Waals surface area contributed by atoms with E-state index in [0.29, 0.717) is 10.2 Å². The molecule has 0 aliphatic heterocycles. The molecule has 7 heteroatoms. The second-order valence-electron chi connectivity index (χ2n) is 5.43. The number of aromatic carboxylic acids is 1. The van der Waals surface area contributed by atoms with Crippen LogP contribution in [0.25, 0.3) is 10.2 Å². The fourth-order valence-corrected chi connectivity index (χ4v) is 2.11. The molecule has 116 valence electrons. The van der Waals surface area contributed by atoms with Gasteiger partial charge in [-0.2, -0.15) is 0 Å². The zero-order valence-electron chi connectivity index (χ0n) is 12.8. The van der Waals surface area contributed by atoms with Crippen LogP contribution in [0.5, 0.6) is 0 Å². The van der Waals surface area contributed by atoms with Gasteiger partial charge in [-0.25, -0.2) is 0 Å². The van der Waals surface area contributed by atoms with Crippen LogP contribution in [0.1, 0.15) is 17.3 Å². The highest BCUT2D eigenvalue weighted by Crippen LogP contribution is 2.19. The van der Waals surface area contributed by atoms with E-state index in [1.54, 1.807) is 12.1 Å². The fraction of sp³-hybridized carbons (Fsp3) is 0.500. The summed E-state index contributed by atoms with van der Waals surface area (Å²) in [6.07, 6.45) is 0. The van der Waals surface area contributed by atoms with Crippen LogP contribution >= 0.6 is 11.5 Å². The number of hydrogen-bond donors (Lipinski definition) is 0. The SMILES string of the molecule is CCOCC[N+](C)(C)C.O=C([O-])c1cccc2nnsc12. The molecule has 0 aliphatic carbocycles. The smallest absolute Gasteiger partial charge is 0.106 e. The maximum Gasteiger partial charge on any atom is 0.106 e. The number of quaternary nitrogens is 1. The van der Waals surface area contributed by atoms with Crippen LogP contribution in [0, 0.1) is 0 Å². The van der Waals surface area contributed by atoms with Crippen molar-refractivity contribution in [2.24, 2.45) is 0 Å². The van der Waals surface area contributed by atoms with Gasteiger partial charge in [-0.3, -0.25) is 0 Å². The standard InChI is InChI=1S/C7H4N2O2S.C7H18NO/c10-7(11)4-2-1-3-5-6(4)12-9-8-5;1-5-9-7-6-8(2,3)4/h1-3H,(H,10,11);5-7H2,1-4H3/q;+1/p-1. The summed E-state index contributed by atoms with van der Waals surface area (Å²) in [4.78, 5) is 10.6. The number of hydrogen-bond acceptors (Lipinski definition) is 6. The molecule has 21 heavy (non-hydrogen) atoms. The molecule has 1 aromatic carbocycles. The average molecular weight is 311 g/mol. The van der Waals surface area contributed by atoms with Crippen molar-refractivity contribution in [3.8, 4) is 0 Å². The molecule has 2 rings (SSSR count). The Morgan fingerprint density at radius 1 is 1.38 bits per heavy atom. The Bertz CT molecular complexity index is 578. The molecule has 2 aromatic rings. The average Bonchev–Trinajstić information content (AvgIpc) is 2.86. The second kappa shape index (κ2) is 8.02. The van der Waals surface area contributed by atoms with Crippen LogP contribution in [0.2, 0.25) is 0 Å². The van der Waals surface area contributed by atoms with Gasteiger partial charge in [0.05, 0.1) is 38.4 Å². The van der Waals surface area contributed by atoms with Crippen molar-refractivity contribution in [3.05, 3.63) is 23.8 Å². The molecule has 0 N–H and O–H groups in total. The third-order valence-electron chi connectivity index (χ3n) is 2.61. The van der Waals surface area contributed by atoms with Gasteiger partial charge in [-0.15, -0.1) is 5.10 Å². The van der Waals surface area contributed by atoms with E-state index in [2.05, 4.69) is 30.7 Å². The molecule has 0 saturated heterocycles. The summed E-state index contributed by atoms with van der Waals surface area (Å²) in [6, 6.07) is 4.82. The zero-order valence-corrected chi connectivity index (χ0v) is 13.6. The molecule has 0 spiro atoms. The molecule has 6 nitrogen and oxygen atoms in total. The molecule has 1 heterocycles. The van der Waals surface area contributed by atoms with Gasteiger partial charge >= 0.3 is 0 Å². The minimum Gasteiger partial charge on any atom is -0.545 e. The number of likely N-dealkylation sites (N-methyl/N-ethyl adjacent to an activating group) is 1. The minimum absolute atomic E-state index is 0.155. The number of aromatic nitrogens is 2. The Morgan fingerprint density at radius 3 is 2.67 bits per heavy atom. The second-order valence-corrected chi connectivity index (χ2v) is 6.18. The quantitative estimate of drug-likeness (QED) is 0.602. The first-order chi connectivity index (χ1) is 9.85. The highest BCUT2D eigenvalue weighted by molar-refractivity contribution is 7.13. The van der Waals surface area contributed by atoms with Gasteiger partial charge in [0.25, 0.3) is 0 Å². The van der Waals surface area contributed by atoms with Crippen molar-refractivity contribution >= 4 is 27.7 Å². The predicted octanol–water partition coefficient (Wildman–Crippen LogP) is 0.784. The largest absolute Gasteiger partial charge is 0.545 e. The minimum atomic E-state index is -1.19. The predicted molar refractivity (Wildman–Crippen MR) is 81.1 cm³/mol. The van der Waals surface area contributed by atoms with Gasteiger partial charge in [0.2, 0.25) is 0 Å². The Morgan fingerprint density at radius 2 is 2.10 bits per heavy atom. The first-order valence-electron chi connectivity index (χ1n) is 6.65. The van der Waals surface area contributed by atoms with Crippen LogP contribution in [-0.2, 0) is 4.74 Å². The monoisotopic (exact) mass is 311 g/mol. The summed E-state index contributed by atoms with van der Waals surface area (Å²) in [5.41, 5.74) is 0.754. The van der Waals surface area contributed by atoms with E-state index < -0.39 is 5.97 Å². The number of carbonyl (C=O) groups is 1. The van der Waals surface area contributed by atoms with Crippen molar-refractivity contribution < 1.29 is 19.1 Å². The molecule has 0 amide bonds. The number of fused-ring (bicyclic) bond motifs is 1. The Kier molecular flexibility index (Phi) is 6.67. The van der Waals surface area contributed by atoms with Crippen LogP contribution in [0.4, 0.5) is 0 Å². The van der Waals surface area contributed by atoms with E-state index in [1.807, 2.05) is 6.92 Å². The summed E-state index contributed by atoms with van der Waals surface area (Å²) >= 11 is 1.06. The molecule has 0 bridgehead atoms. The summed E-state index contributed by atoms with van der Waals surface area (Å²) in [5.74, 6) is -1.19. The lowest BCUT2D eigenvalue weighted by Crippen LogP contribution is -2.37. The Balaban J connectivity index is 0.000000222. The maximum atomic E-state index is 10.6. The highest BCUT2D eigenvalue weighted by atomic mass is 32.1. The first kappa shape index (κ1) is 17.5. The van der Waals surface area contributed by atoms with Crippen LogP contribution in [-0.4, -0.2) is 60.9 Å². The van der Waals surface area contributed by atoms with Gasteiger partial charge in [-0.1, -0.05) is 16.6 Å². The molecule has 0 unspecified atom stereocenters. The number of nitrogens with zero attached hydrogens (tertiary/aromatic N) is 3. The van der Waals surface area contributed by atoms with Gasteiger partial charge in [0, 0.05) is 12.2 Å². The van der Waals surface area contributed by atoms with Crippen LogP contribution in [0.15, 0.2) is 18.2 Å². The molecular weight excluding hydrogens is 290 g/mol. The summed E-state index contributed by atoms with van der Waals surface area (Å²) in [5, 5.41) is 14.3. The van der Waals surface area contributed by atoms with Gasteiger partial charge in [-0.05, 0) is 24.5 Å². The van der Waals surface area contributed by atoms with E-state index >= 15 is 0 Å². The van der Waals surface area contributed by atoms with Crippen molar-refractivity contribution in [3.63, 3.8) is 0 Å². The molecule has 0 atom stereocenters. The number of carboxylic acid groups (broad SMARTS) is 1. The van der Waals surface area contributed by atoms with Crippen molar-refractivity contribution in [1.29, 1.82) is 0 Å². The number of benzene rings is 1. The molecule has 0 saturated carbocycles. The first-order valence-corrected chi connectivity index (χ1v) is 7.43. The fourth-order valence-electron chi connectivity index (χ4n) is 1.45. The summed E-state index contributed by atoms with van der Waals surface area (Å²) < 4.78 is 10.4. The third-order valence-corrected chi connectivity index (χ3v) is 3.38. The zero-order chi connectivity index (χ0) is 15.9. The van der Waals surface area contributed by atoms with E-state index in [4.69, 9.17) is 4.74 Å². The molecular formula is C14H21N3O3S. The van der Waals surface area contributed by atoms with Gasteiger partial charge < -0.3 is 19.1 Å². The van der Waals surface area contributed by atoms with Crippen LogP contribution < -0.4 is 5.11 Å². The van der Waals surface area contributed by atoms with Gasteiger partial charge in [0.1, 0.15) is 12.1 Å². The lowest BCUT2D eigenvalue weighted by Gasteiger charge is -2.23. The van der Waals surface area contributed by atoms with Crippen molar-refractivity contribution in [2.75, 3.05) is 40.9 Å². The number of carbonyl (C=O) groups excluding carboxylic acids is 1. The Hall–Kier alpha value is -1.57. The maximum absolute atomic E-state index is 10.6. The lowest BCUT2D eigenvalue weighted by molar-refractivity contribution is -0.870. The number of rotatable bonds is 5. The molecule has 0 fully saturated rings. The molecule has 0 aliphatic rings. The van der Waals surface area contributed by atoms with Crippen molar-refractivity contribution in [2.45, 2.75) is 6.92 Å². The van der Waals surface area contributed by atoms with E-state index in [0.717, 1.165) is 35.8 Å². The van der Waals surface area contributed by atoms with E-state index in [-0.39, 0.29) is 5.56 Å². The number of carboxylic acids is 1. The lowest BCUT2D eigenvalue weighted by atomic mass is 10.2. The molecule has 0 radical (unpaired) electrons. The Labute approximate surface area is 128 Å². The van der Waals surface area contributed by atoms with E-state index in [9.17, 15) is 9.90 Å². The van der Waals surface area contributed by atoms with Crippen LogP contribution in [0.3, 0.4) is 0 Å². The molecule has 1 aromatic heterocycles. The summed E-state index contributed by atoms with van der Waals surface area (Å²) in [7, 11) is 6.50. The van der Waals surface area contributed by atoms with Gasteiger partial charge in [0.15, 0.2) is 0 Å². The highest BCUT2D eigenvalue weighted by Gasteiger charge is 2.04. The third kappa shape index (κ3) is 6.16. The number of ether oxygens (including phenoxy) is 1. The topological polar surface area (TPSA) is 75.1 Å². The summed E-state index contributed by atoms with van der Waals surface area (Å²) in [6.45, 7) is 4.82.